The van der Waals surface area contributed by atoms with Crippen molar-refractivity contribution >= 4 is 22.5 Å². The molecular weight excluding hydrogens is 304 g/mol. The number of amides is 1. The maximum absolute atomic E-state index is 11.2. The van der Waals surface area contributed by atoms with Crippen LogP contribution in [-0.4, -0.2) is 35.1 Å². The molecule has 0 bridgehead atoms. The van der Waals surface area contributed by atoms with Crippen LogP contribution in [0.1, 0.15) is 10.5 Å². The molecule has 0 spiro atoms. The second kappa shape index (κ2) is 5.81. The molecular formula is C18H16N4O2. The van der Waals surface area contributed by atoms with Crippen LogP contribution in [0.3, 0.4) is 0 Å². The second-order valence-electron chi connectivity index (χ2n) is 5.73. The third-order valence-electron chi connectivity index (χ3n) is 4.10. The van der Waals surface area contributed by atoms with Gasteiger partial charge < -0.3 is 15.4 Å². The SMILES string of the molecule is NC(=O)c1cc(OC2CN(c3ccnc4ccccc34)C2)ccn1. The van der Waals surface area contributed by atoms with Gasteiger partial charge >= 0.3 is 0 Å². The Balaban J connectivity index is 1.46. The van der Waals surface area contributed by atoms with E-state index in [1.807, 2.05) is 30.5 Å². The van der Waals surface area contributed by atoms with E-state index < -0.39 is 5.91 Å². The smallest absolute Gasteiger partial charge is 0.267 e. The van der Waals surface area contributed by atoms with E-state index in [1.165, 1.54) is 6.20 Å². The Morgan fingerprint density at radius 2 is 1.92 bits per heavy atom. The molecule has 1 aliphatic rings. The molecule has 2 N–H and O–H groups in total. The zero-order valence-corrected chi connectivity index (χ0v) is 12.9. The number of nitrogens with zero attached hydrogens (tertiary/aromatic N) is 3. The molecule has 1 aromatic carbocycles. The summed E-state index contributed by atoms with van der Waals surface area (Å²) in [5.41, 5.74) is 7.60. The predicted octanol–water partition coefficient (Wildman–Crippen LogP) is 2.00. The Bertz CT molecular complexity index is 901. The Hall–Kier alpha value is -3.15. The highest BCUT2D eigenvalue weighted by molar-refractivity contribution is 5.92. The number of fused-ring (bicyclic) bond motifs is 1. The molecule has 3 heterocycles. The molecule has 1 aliphatic heterocycles. The number of carbonyl (C=O) groups excluding carboxylic acids is 1. The van der Waals surface area contributed by atoms with E-state index in [0.717, 1.165) is 29.7 Å². The molecule has 6 nitrogen and oxygen atoms in total. The largest absolute Gasteiger partial charge is 0.487 e. The molecule has 24 heavy (non-hydrogen) atoms. The van der Waals surface area contributed by atoms with Gasteiger partial charge in [0, 0.05) is 29.5 Å². The van der Waals surface area contributed by atoms with Crippen molar-refractivity contribution in [1.82, 2.24) is 9.97 Å². The highest BCUT2D eigenvalue weighted by Crippen LogP contribution is 2.30. The summed E-state index contributed by atoms with van der Waals surface area (Å²) in [6, 6.07) is 13.4. The van der Waals surface area contributed by atoms with Gasteiger partial charge in [0.05, 0.1) is 18.6 Å². The summed E-state index contributed by atoms with van der Waals surface area (Å²) in [5.74, 6) is 0.0574. The number of para-hydroxylation sites is 1. The van der Waals surface area contributed by atoms with Crippen LogP contribution < -0.4 is 15.4 Å². The Kier molecular flexibility index (Phi) is 3.49. The lowest BCUT2D eigenvalue weighted by Gasteiger charge is -2.41. The number of ether oxygens (including phenoxy) is 1. The molecule has 3 aromatic rings. The summed E-state index contributed by atoms with van der Waals surface area (Å²) in [6.45, 7) is 1.56. The van der Waals surface area contributed by atoms with Gasteiger partial charge in [-0.2, -0.15) is 0 Å². The molecule has 4 rings (SSSR count). The van der Waals surface area contributed by atoms with Crippen LogP contribution in [0.25, 0.3) is 10.9 Å². The number of anilines is 1. The summed E-state index contributed by atoms with van der Waals surface area (Å²) >= 11 is 0. The van der Waals surface area contributed by atoms with E-state index in [0.29, 0.717) is 5.75 Å². The lowest BCUT2D eigenvalue weighted by atomic mass is 10.1. The monoisotopic (exact) mass is 320 g/mol. The van der Waals surface area contributed by atoms with Gasteiger partial charge in [0.2, 0.25) is 0 Å². The first-order valence-corrected chi connectivity index (χ1v) is 7.72. The maximum atomic E-state index is 11.2. The molecule has 0 unspecified atom stereocenters. The fraction of sp³-hybridized carbons (Fsp3) is 0.167. The Morgan fingerprint density at radius 3 is 2.75 bits per heavy atom. The van der Waals surface area contributed by atoms with Gasteiger partial charge in [-0.1, -0.05) is 18.2 Å². The third kappa shape index (κ3) is 2.62. The van der Waals surface area contributed by atoms with E-state index >= 15 is 0 Å². The maximum Gasteiger partial charge on any atom is 0.267 e. The molecule has 120 valence electrons. The molecule has 6 heteroatoms. The first-order chi connectivity index (χ1) is 11.7. The van der Waals surface area contributed by atoms with Crippen molar-refractivity contribution < 1.29 is 9.53 Å². The van der Waals surface area contributed by atoms with Gasteiger partial charge in [-0.3, -0.25) is 14.8 Å². The summed E-state index contributed by atoms with van der Waals surface area (Å²) in [4.78, 5) is 21.7. The molecule has 2 aromatic heterocycles. The number of primary amides is 1. The van der Waals surface area contributed by atoms with Crippen LogP contribution >= 0.6 is 0 Å². The quantitative estimate of drug-likeness (QED) is 0.795. The first kappa shape index (κ1) is 14.4. The summed E-state index contributed by atoms with van der Waals surface area (Å²) in [5, 5.41) is 1.14. The highest BCUT2D eigenvalue weighted by atomic mass is 16.5. The summed E-state index contributed by atoms with van der Waals surface area (Å²) < 4.78 is 5.90. The number of pyridine rings is 2. The van der Waals surface area contributed by atoms with Gasteiger partial charge in [0.25, 0.3) is 5.91 Å². The minimum Gasteiger partial charge on any atom is -0.487 e. The van der Waals surface area contributed by atoms with Gasteiger partial charge in [-0.05, 0) is 18.2 Å². The van der Waals surface area contributed by atoms with E-state index in [2.05, 4.69) is 20.9 Å². The van der Waals surface area contributed by atoms with Crippen LogP contribution in [0, 0.1) is 0 Å². The molecule has 1 amide bonds. The zero-order chi connectivity index (χ0) is 16.5. The Morgan fingerprint density at radius 1 is 1.12 bits per heavy atom. The van der Waals surface area contributed by atoms with Crippen LogP contribution in [0.15, 0.2) is 54.9 Å². The fourth-order valence-electron chi connectivity index (χ4n) is 2.88. The third-order valence-corrected chi connectivity index (χ3v) is 4.10. The van der Waals surface area contributed by atoms with Crippen molar-refractivity contribution in [3.63, 3.8) is 0 Å². The van der Waals surface area contributed by atoms with E-state index in [4.69, 9.17) is 10.5 Å². The Labute approximate surface area is 138 Å². The van der Waals surface area contributed by atoms with Crippen molar-refractivity contribution in [2.24, 2.45) is 5.73 Å². The molecule has 0 radical (unpaired) electrons. The number of rotatable bonds is 4. The lowest BCUT2D eigenvalue weighted by Crippen LogP contribution is -2.54. The van der Waals surface area contributed by atoms with Crippen molar-refractivity contribution in [2.75, 3.05) is 18.0 Å². The topological polar surface area (TPSA) is 81.3 Å². The zero-order valence-electron chi connectivity index (χ0n) is 12.9. The van der Waals surface area contributed by atoms with Crippen molar-refractivity contribution in [3.8, 4) is 5.75 Å². The van der Waals surface area contributed by atoms with Crippen molar-refractivity contribution in [2.45, 2.75) is 6.10 Å². The average molecular weight is 320 g/mol. The summed E-state index contributed by atoms with van der Waals surface area (Å²) in [6.07, 6.45) is 3.43. The fourth-order valence-corrected chi connectivity index (χ4v) is 2.88. The van der Waals surface area contributed by atoms with Gasteiger partial charge in [-0.25, -0.2) is 0 Å². The van der Waals surface area contributed by atoms with Crippen LogP contribution in [0.2, 0.25) is 0 Å². The number of hydrogen-bond acceptors (Lipinski definition) is 5. The van der Waals surface area contributed by atoms with Crippen molar-refractivity contribution in [3.05, 3.63) is 60.6 Å². The average Bonchev–Trinajstić information content (AvgIpc) is 2.58. The number of aromatic nitrogens is 2. The van der Waals surface area contributed by atoms with Gasteiger partial charge in [0.15, 0.2) is 0 Å². The first-order valence-electron chi connectivity index (χ1n) is 7.72. The number of benzene rings is 1. The molecule has 0 aliphatic carbocycles. The highest BCUT2D eigenvalue weighted by Gasteiger charge is 2.29. The number of carbonyl (C=O) groups is 1. The van der Waals surface area contributed by atoms with Gasteiger partial charge in [0.1, 0.15) is 17.5 Å². The molecule has 1 saturated heterocycles. The van der Waals surface area contributed by atoms with Gasteiger partial charge in [-0.15, -0.1) is 0 Å². The molecule has 0 atom stereocenters. The summed E-state index contributed by atoms with van der Waals surface area (Å²) in [7, 11) is 0. The van der Waals surface area contributed by atoms with E-state index in [1.54, 1.807) is 12.1 Å². The molecule has 0 saturated carbocycles. The molecule has 1 fully saturated rings. The normalized spacial score (nSPS) is 14.4. The second-order valence-corrected chi connectivity index (χ2v) is 5.73. The van der Waals surface area contributed by atoms with Crippen LogP contribution in [0.4, 0.5) is 5.69 Å². The van der Waals surface area contributed by atoms with Crippen molar-refractivity contribution in [1.29, 1.82) is 0 Å². The number of nitrogens with two attached hydrogens (primary N) is 1. The number of hydrogen-bond donors (Lipinski definition) is 1. The standard InChI is InChI=1S/C18H16N4O2/c19-18(23)16-9-12(5-7-21-16)24-13-10-22(11-13)17-6-8-20-15-4-2-1-3-14(15)17/h1-9,13H,10-11H2,(H2,19,23). The van der Waals surface area contributed by atoms with Crippen LogP contribution in [-0.2, 0) is 0 Å². The van der Waals surface area contributed by atoms with E-state index in [-0.39, 0.29) is 11.8 Å². The minimum atomic E-state index is -0.557. The lowest BCUT2D eigenvalue weighted by molar-refractivity contribution is 0.0994. The minimum absolute atomic E-state index is 0.0695. The van der Waals surface area contributed by atoms with Crippen LogP contribution in [0.5, 0.6) is 5.75 Å². The predicted molar refractivity (Wildman–Crippen MR) is 91.1 cm³/mol. The van der Waals surface area contributed by atoms with E-state index in [9.17, 15) is 4.79 Å².